The molecule has 6 nitrogen and oxygen atoms in total. The molecule has 0 spiro atoms. The fourth-order valence-electron chi connectivity index (χ4n) is 3.59. The van der Waals surface area contributed by atoms with E-state index in [0.717, 1.165) is 21.9 Å². The average molecular weight is 533 g/mol. The number of halogens is 1. The van der Waals surface area contributed by atoms with Crippen LogP contribution in [-0.4, -0.2) is 26.3 Å². The van der Waals surface area contributed by atoms with Crippen molar-refractivity contribution in [1.82, 2.24) is 5.43 Å². The summed E-state index contributed by atoms with van der Waals surface area (Å²) in [5.41, 5.74) is 5.96. The Hall–Kier alpha value is -3.84. The zero-order valence-electron chi connectivity index (χ0n) is 19.7. The number of hydrazone groups is 1. The molecule has 0 bridgehead atoms. The maximum atomic E-state index is 12.8. The molecule has 0 fully saturated rings. The molecule has 0 radical (unpaired) electrons. The Balaban J connectivity index is 1.48. The summed E-state index contributed by atoms with van der Waals surface area (Å²) >= 11 is 3.55. The van der Waals surface area contributed by atoms with Crippen molar-refractivity contribution >= 4 is 38.8 Å². The number of hydrogen-bond donors (Lipinski definition) is 1. The van der Waals surface area contributed by atoms with Gasteiger partial charge in [-0.15, -0.1) is 0 Å². The second-order valence-electron chi connectivity index (χ2n) is 7.91. The summed E-state index contributed by atoms with van der Waals surface area (Å²) in [7, 11) is 3.12. The number of aryl methyl sites for hydroxylation is 1. The third-order valence-corrected chi connectivity index (χ3v) is 6.04. The number of ether oxygens (including phenoxy) is 3. The van der Waals surface area contributed by atoms with Crippen molar-refractivity contribution in [1.29, 1.82) is 0 Å². The van der Waals surface area contributed by atoms with E-state index in [0.29, 0.717) is 33.9 Å². The van der Waals surface area contributed by atoms with Gasteiger partial charge in [-0.1, -0.05) is 54.1 Å². The summed E-state index contributed by atoms with van der Waals surface area (Å²) in [4.78, 5) is 12.8. The van der Waals surface area contributed by atoms with Gasteiger partial charge in [0.15, 0.2) is 11.5 Å². The predicted octanol–water partition coefficient (Wildman–Crippen LogP) is 6.27. The summed E-state index contributed by atoms with van der Waals surface area (Å²) in [6, 6.07) is 23.2. The molecule has 4 aromatic rings. The number of nitrogens with zero attached hydrogens (tertiary/aromatic N) is 1. The van der Waals surface area contributed by atoms with Crippen LogP contribution in [0.2, 0.25) is 0 Å². The van der Waals surface area contributed by atoms with Gasteiger partial charge in [-0.05, 0) is 69.0 Å². The monoisotopic (exact) mass is 532 g/mol. The minimum atomic E-state index is -0.368. The minimum absolute atomic E-state index is 0.368. The zero-order chi connectivity index (χ0) is 24.8. The first-order valence-electron chi connectivity index (χ1n) is 10.9. The van der Waals surface area contributed by atoms with Gasteiger partial charge < -0.3 is 14.2 Å². The molecule has 0 saturated heterocycles. The number of benzene rings is 4. The zero-order valence-corrected chi connectivity index (χ0v) is 21.3. The maximum absolute atomic E-state index is 12.8. The molecule has 4 rings (SSSR count). The maximum Gasteiger partial charge on any atom is 0.275 e. The van der Waals surface area contributed by atoms with Crippen LogP contribution in [0.1, 0.15) is 27.0 Å². The quantitative estimate of drug-likeness (QED) is 0.214. The van der Waals surface area contributed by atoms with Crippen molar-refractivity contribution in [2.75, 3.05) is 14.2 Å². The molecule has 0 unspecified atom stereocenters. The molecule has 178 valence electrons. The molecular weight excluding hydrogens is 508 g/mol. The topological polar surface area (TPSA) is 69.2 Å². The summed E-state index contributed by atoms with van der Waals surface area (Å²) in [5, 5.41) is 6.06. The number of amides is 1. The number of fused-ring (bicyclic) bond motifs is 1. The molecule has 0 saturated carbocycles. The standard InChI is InChI=1S/C28H25BrN2O4/c1-18-8-10-19(11-9-18)17-35-27-24(29)12-20(13-26(27)34-3)16-30-31-28(32)23-14-21-6-4-5-7-22(21)15-25(23)33-2/h4-16H,17H2,1-3H3,(H,31,32)/b30-16-. The highest BCUT2D eigenvalue weighted by Crippen LogP contribution is 2.37. The van der Waals surface area contributed by atoms with E-state index in [4.69, 9.17) is 14.2 Å². The molecular formula is C28H25BrN2O4. The number of nitrogens with one attached hydrogen (secondary N) is 1. The minimum Gasteiger partial charge on any atom is -0.496 e. The highest BCUT2D eigenvalue weighted by atomic mass is 79.9. The third-order valence-electron chi connectivity index (χ3n) is 5.45. The van der Waals surface area contributed by atoms with Crippen LogP contribution in [-0.2, 0) is 6.61 Å². The van der Waals surface area contributed by atoms with Crippen molar-refractivity contribution in [2.24, 2.45) is 5.10 Å². The number of carbonyl (C=O) groups is 1. The summed E-state index contributed by atoms with van der Waals surface area (Å²) < 4.78 is 17.6. The average Bonchev–Trinajstić information content (AvgIpc) is 2.87. The largest absolute Gasteiger partial charge is 0.496 e. The molecule has 35 heavy (non-hydrogen) atoms. The fraction of sp³-hybridized carbons (Fsp3) is 0.143. The van der Waals surface area contributed by atoms with Crippen LogP contribution in [0.4, 0.5) is 0 Å². The molecule has 0 aliphatic heterocycles. The molecule has 0 aliphatic carbocycles. The van der Waals surface area contributed by atoms with Crippen molar-refractivity contribution in [2.45, 2.75) is 13.5 Å². The lowest BCUT2D eigenvalue weighted by Crippen LogP contribution is -2.18. The van der Waals surface area contributed by atoms with Gasteiger partial charge in [0.2, 0.25) is 0 Å². The Bertz CT molecular complexity index is 1380. The Morgan fingerprint density at radius 1 is 0.943 bits per heavy atom. The molecule has 4 aromatic carbocycles. The summed E-state index contributed by atoms with van der Waals surface area (Å²) in [6.07, 6.45) is 1.54. The molecule has 1 N–H and O–H groups in total. The van der Waals surface area contributed by atoms with Gasteiger partial charge in [-0.2, -0.15) is 5.10 Å². The number of carbonyl (C=O) groups excluding carboxylic acids is 1. The molecule has 0 atom stereocenters. The van der Waals surface area contributed by atoms with Crippen molar-refractivity contribution in [3.05, 3.63) is 99.5 Å². The van der Waals surface area contributed by atoms with Crippen LogP contribution in [0.25, 0.3) is 10.8 Å². The van der Waals surface area contributed by atoms with E-state index >= 15 is 0 Å². The highest BCUT2D eigenvalue weighted by molar-refractivity contribution is 9.10. The predicted molar refractivity (Wildman–Crippen MR) is 142 cm³/mol. The first-order chi connectivity index (χ1) is 17.0. The molecule has 1 amide bonds. The van der Waals surface area contributed by atoms with Crippen molar-refractivity contribution in [3.8, 4) is 17.2 Å². The van der Waals surface area contributed by atoms with Crippen LogP contribution in [0.5, 0.6) is 17.2 Å². The molecule has 0 heterocycles. The fourth-order valence-corrected chi connectivity index (χ4v) is 4.16. The lowest BCUT2D eigenvalue weighted by Gasteiger charge is -2.13. The summed E-state index contributed by atoms with van der Waals surface area (Å²) in [5.74, 6) is 1.26. The van der Waals surface area contributed by atoms with Gasteiger partial charge in [0, 0.05) is 0 Å². The Kier molecular flexibility index (Phi) is 7.67. The van der Waals surface area contributed by atoms with Crippen LogP contribution in [0.15, 0.2) is 82.4 Å². The Morgan fingerprint density at radius 2 is 1.63 bits per heavy atom. The van der Waals surface area contributed by atoms with Crippen LogP contribution < -0.4 is 19.6 Å². The molecule has 0 aromatic heterocycles. The number of hydrogen-bond acceptors (Lipinski definition) is 5. The lowest BCUT2D eigenvalue weighted by atomic mass is 10.1. The normalized spacial score (nSPS) is 11.0. The molecule has 7 heteroatoms. The van der Waals surface area contributed by atoms with Gasteiger partial charge >= 0.3 is 0 Å². The van der Waals surface area contributed by atoms with Gasteiger partial charge in [-0.3, -0.25) is 4.79 Å². The van der Waals surface area contributed by atoms with Crippen LogP contribution in [0, 0.1) is 6.92 Å². The van der Waals surface area contributed by atoms with E-state index in [-0.39, 0.29) is 5.91 Å². The van der Waals surface area contributed by atoms with Crippen LogP contribution >= 0.6 is 15.9 Å². The van der Waals surface area contributed by atoms with Gasteiger partial charge in [0.25, 0.3) is 5.91 Å². The third kappa shape index (κ3) is 5.81. The summed E-state index contributed by atoms with van der Waals surface area (Å²) in [6.45, 7) is 2.46. The van der Waals surface area contributed by atoms with Gasteiger partial charge in [0.1, 0.15) is 12.4 Å². The van der Waals surface area contributed by atoms with E-state index in [1.54, 1.807) is 25.5 Å². The van der Waals surface area contributed by atoms with Crippen molar-refractivity contribution < 1.29 is 19.0 Å². The second kappa shape index (κ2) is 11.1. The van der Waals surface area contributed by atoms with E-state index in [2.05, 4.69) is 26.5 Å². The van der Waals surface area contributed by atoms with Gasteiger partial charge in [-0.25, -0.2) is 5.43 Å². The van der Waals surface area contributed by atoms with E-state index in [9.17, 15) is 4.79 Å². The number of rotatable bonds is 8. The van der Waals surface area contributed by atoms with Gasteiger partial charge in [0.05, 0.1) is 30.5 Å². The SMILES string of the molecule is COc1cc2ccccc2cc1C(=O)N/N=C\c1cc(Br)c(OCc2ccc(C)cc2)c(OC)c1. The Morgan fingerprint density at radius 3 is 2.31 bits per heavy atom. The first-order valence-corrected chi connectivity index (χ1v) is 11.7. The first kappa shape index (κ1) is 24.3. The Labute approximate surface area is 212 Å². The van der Waals surface area contributed by atoms with Crippen LogP contribution in [0.3, 0.4) is 0 Å². The molecule has 0 aliphatic rings. The van der Waals surface area contributed by atoms with E-state index < -0.39 is 0 Å². The number of methoxy groups -OCH3 is 2. The second-order valence-corrected chi connectivity index (χ2v) is 8.76. The van der Waals surface area contributed by atoms with E-state index in [1.165, 1.54) is 12.7 Å². The smallest absolute Gasteiger partial charge is 0.275 e. The lowest BCUT2D eigenvalue weighted by molar-refractivity contribution is 0.0952. The highest BCUT2D eigenvalue weighted by Gasteiger charge is 2.14. The van der Waals surface area contributed by atoms with E-state index in [1.807, 2.05) is 67.6 Å². The van der Waals surface area contributed by atoms with Crippen molar-refractivity contribution in [3.63, 3.8) is 0 Å².